The van der Waals surface area contributed by atoms with Gasteiger partial charge in [0.2, 0.25) is 0 Å². The number of aliphatic carboxylic acids is 1. The van der Waals surface area contributed by atoms with E-state index in [0.29, 0.717) is 5.56 Å². The molecular weight excluding hydrogens is 351 g/mol. The van der Waals surface area contributed by atoms with E-state index in [1.807, 2.05) is 0 Å². The molecule has 1 N–H and O–H groups in total. The second-order valence-electron chi connectivity index (χ2n) is 7.49. The number of nitrogens with zero attached hydrogens (tertiary/aromatic N) is 1. The molecular formula is C18H22F3NO4. The zero-order valence-electron chi connectivity index (χ0n) is 14.8. The van der Waals surface area contributed by atoms with E-state index in [0.717, 1.165) is 17.0 Å². The van der Waals surface area contributed by atoms with E-state index in [1.165, 1.54) is 6.07 Å². The molecule has 0 unspecified atom stereocenters. The van der Waals surface area contributed by atoms with Crippen LogP contribution in [0, 0.1) is 5.92 Å². The number of ether oxygens (including phenoxy) is 1. The van der Waals surface area contributed by atoms with E-state index < -0.39 is 35.4 Å². The van der Waals surface area contributed by atoms with Gasteiger partial charge in [0.25, 0.3) is 0 Å². The van der Waals surface area contributed by atoms with Crippen molar-refractivity contribution in [2.45, 2.75) is 51.4 Å². The van der Waals surface area contributed by atoms with E-state index in [-0.39, 0.29) is 25.3 Å². The molecule has 1 aromatic carbocycles. The Morgan fingerprint density at radius 1 is 1.27 bits per heavy atom. The van der Waals surface area contributed by atoms with Crippen molar-refractivity contribution >= 4 is 12.1 Å². The van der Waals surface area contributed by atoms with Crippen LogP contribution in [0.1, 0.15) is 38.3 Å². The van der Waals surface area contributed by atoms with Crippen LogP contribution in [0.25, 0.3) is 0 Å². The van der Waals surface area contributed by atoms with Crippen LogP contribution in [0.5, 0.6) is 0 Å². The Labute approximate surface area is 149 Å². The predicted molar refractivity (Wildman–Crippen MR) is 87.6 cm³/mol. The number of likely N-dealkylation sites (tertiary alicyclic amines) is 1. The molecule has 1 saturated heterocycles. The van der Waals surface area contributed by atoms with Gasteiger partial charge in [-0.1, -0.05) is 18.2 Å². The summed E-state index contributed by atoms with van der Waals surface area (Å²) in [6.45, 7) is 5.16. The lowest BCUT2D eigenvalue weighted by molar-refractivity contribution is -0.142. The Morgan fingerprint density at radius 2 is 1.92 bits per heavy atom. The highest BCUT2D eigenvalue weighted by atomic mass is 19.4. The molecule has 0 radical (unpaired) electrons. The molecule has 1 aromatic rings. The summed E-state index contributed by atoms with van der Waals surface area (Å²) >= 11 is 0. The second-order valence-corrected chi connectivity index (χ2v) is 7.49. The second kappa shape index (κ2) is 7.17. The van der Waals surface area contributed by atoms with E-state index >= 15 is 0 Å². The summed E-state index contributed by atoms with van der Waals surface area (Å²) in [4.78, 5) is 24.9. The number of hydrogen-bond donors (Lipinski definition) is 1. The van der Waals surface area contributed by atoms with Crippen LogP contribution in [0.2, 0.25) is 0 Å². The Hall–Kier alpha value is -2.25. The molecule has 1 amide bonds. The minimum Gasteiger partial charge on any atom is -0.480 e. The molecule has 0 aliphatic carbocycles. The summed E-state index contributed by atoms with van der Waals surface area (Å²) in [5, 5.41) is 9.37. The van der Waals surface area contributed by atoms with Crippen LogP contribution in [-0.4, -0.2) is 40.3 Å². The standard InChI is InChI=1S/C18H22F3NO4/c1-17(2,3)26-16(25)22-10-12(9-14(22)15(23)24)7-11-5-4-6-13(8-11)18(19,20)21/h4-6,8,12,14H,7,9-10H2,1-3H3,(H,23,24)/t12-,14+/m1/s1. The van der Waals surface area contributed by atoms with Crippen molar-refractivity contribution in [3.63, 3.8) is 0 Å². The maximum atomic E-state index is 12.8. The first kappa shape index (κ1) is 20.1. The van der Waals surface area contributed by atoms with Crippen LogP contribution in [-0.2, 0) is 22.1 Å². The highest BCUT2D eigenvalue weighted by Crippen LogP contribution is 2.32. The number of alkyl halides is 3. The number of rotatable bonds is 3. The van der Waals surface area contributed by atoms with Gasteiger partial charge in [-0.25, -0.2) is 9.59 Å². The number of benzene rings is 1. The van der Waals surface area contributed by atoms with Gasteiger partial charge in [0, 0.05) is 6.54 Å². The van der Waals surface area contributed by atoms with Crippen LogP contribution in [0.4, 0.5) is 18.0 Å². The third kappa shape index (κ3) is 5.12. The number of hydrogen-bond acceptors (Lipinski definition) is 3. The zero-order chi connectivity index (χ0) is 19.7. The Morgan fingerprint density at radius 3 is 2.46 bits per heavy atom. The quantitative estimate of drug-likeness (QED) is 0.871. The Kier molecular flexibility index (Phi) is 5.53. The molecule has 1 aliphatic rings. The van der Waals surface area contributed by atoms with Gasteiger partial charge in [-0.05, 0) is 51.2 Å². The van der Waals surface area contributed by atoms with Crippen LogP contribution < -0.4 is 0 Å². The third-order valence-electron chi connectivity index (χ3n) is 4.08. The summed E-state index contributed by atoms with van der Waals surface area (Å²) in [5.41, 5.74) is -1.05. The first-order chi connectivity index (χ1) is 11.9. The lowest BCUT2D eigenvalue weighted by atomic mass is 9.95. The fourth-order valence-corrected chi connectivity index (χ4v) is 3.04. The molecule has 0 spiro atoms. The smallest absolute Gasteiger partial charge is 0.416 e. The molecule has 0 aromatic heterocycles. The minimum atomic E-state index is -4.43. The van der Waals surface area contributed by atoms with Gasteiger partial charge in [-0.15, -0.1) is 0 Å². The van der Waals surface area contributed by atoms with Gasteiger partial charge < -0.3 is 9.84 Å². The van der Waals surface area contributed by atoms with E-state index in [9.17, 15) is 27.9 Å². The first-order valence-electron chi connectivity index (χ1n) is 8.25. The Balaban J connectivity index is 2.12. The van der Waals surface area contributed by atoms with Crippen molar-refractivity contribution in [2.75, 3.05) is 6.54 Å². The molecule has 5 nitrogen and oxygen atoms in total. The van der Waals surface area contributed by atoms with Crippen molar-refractivity contribution in [3.05, 3.63) is 35.4 Å². The summed E-state index contributed by atoms with van der Waals surface area (Å²) in [5.74, 6) is -1.41. The average molecular weight is 373 g/mol. The number of carbonyl (C=O) groups excluding carboxylic acids is 1. The highest BCUT2D eigenvalue weighted by Gasteiger charge is 2.41. The molecule has 1 aliphatic heterocycles. The van der Waals surface area contributed by atoms with Crippen molar-refractivity contribution < 1.29 is 32.6 Å². The molecule has 0 bridgehead atoms. The molecule has 144 valence electrons. The Bertz CT molecular complexity index is 682. The lowest BCUT2D eigenvalue weighted by Gasteiger charge is -2.26. The van der Waals surface area contributed by atoms with Gasteiger partial charge >= 0.3 is 18.2 Å². The van der Waals surface area contributed by atoms with Crippen molar-refractivity contribution in [1.82, 2.24) is 4.90 Å². The van der Waals surface area contributed by atoms with Gasteiger partial charge in [-0.3, -0.25) is 4.90 Å². The van der Waals surface area contributed by atoms with Gasteiger partial charge in [0.05, 0.1) is 5.56 Å². The predicted octanol–water partition coefficient (Wildman–Crippen LogP) is 3.96. The highest BCUT2D eigenvalue weighted by molar-refractivity contribution is 5.81. The average Bonchev–Trinajstić information content (AvgIpc) is 2.89. The topological polar surface area (TPSA) is 66.8 Å². The summed E-state index contributed by atoms with van der Waals surface area (Å²) in [6, 6.07) is 3.91. The summed E-state index contributed by atoms with van der Waals surface area (Å²) < 4.78 is 43.7. The molecule has 26 heavy (non-hydrogen) atoms. The maximum Gasteiger partial charge on any atom is 0.416 e. The summed E-state index contributed by atoms with van der Waals surface area (Å²) in [6.07, 6.45) is -4.73. The molecule has 2 rings (SSSR count). The monoisotopic (exact) mass is 373 g/mol. The van der Waals surface area contributed by atoms with Gasteiger partial charge in [0.1, 0.15) is 11.6 Å². The van der Waals surface area contributed by atoms with E-state index in [4.69, 9.17) is 4.74 Å². The fraction of sp³-hybridized carbons (Fsp3) is 0.556. The summed E-state index contributed by atoms with van der Waals surface area (Å²) in [7, 11) is 0. The van der Waals surface area contributed by atoms with E-state index in [2.05, 4.69) is 0 Å². The van der Waals surface area contributed by atoms with Crippen molar-refractivity contribution in [3.8, 4) is 0 Å². The van der Waals surface area contributed by atoms with Crippen LogP contribution in [0.15, 0.2) is 24.3 Å². The third-order valence-corrected chi connectivity index (χ3v) is 4.08. The SMILES string of the molecule is CC(C)(C)OC(=O)N1C[C@H](Cc2cccc(C(F)(F)F)c2)C[C@H]1C(=O)O. The van der Waals surface area contributed by atoms with Crippen LogP contribution in [0.3, 0.4) is 0 Å². The first-order valence-corrected chi connectivity index (χ1v) is 8.25. The minimum absolute atomic E-state index is 0.127. The number of carboxylic acid groups (broad SMARTS) is 1. The van der Waals surface area contributed by atoms with Crippen LogP contribution >= 0.6 is 0 Å². The van der Waals surface area contributed by atoms with Gasteiger partial charge in [0.15, 0.2) is 0 Å². The largest absolute Gasteiger partial charge is 0.480 e. The normalized spacial score (nSPS) is 20.9. The number of carbonyl (C=O) groups is 2. The lowest BCUT2D eigenvalue weighted by Crippen LogP contribution is -2.43. The maximum absolute atomic E-state index is 12.8. The van der Waals surface area contributed by atoms with E-state index in [1.54, 1.807) is 26.8 Å². The van der Waals surface area contributed by atoms with Crippen molar-refractivity contribution in [2.24, 2.45) is 5.92 Å². The number of carboxylic acids is 1. The molecule has 1 heterocycles. The fourth-order valence-electron chi connectivity index (χ4n) is 3.04. The molecule has 8 heteroatoms. The zero-order valence-corrected chi connectivity index (χ0v) is 14.8. The molecule has 2 atom stereocenters. The molecule has 1 fully saturated rings. The van der Waals surface area contributed by atoms with Crippen molar-refractivity contribution in [1.29, 1.82) is 0 Å². The molecule has 0 saturated carbocycles. The van der Waals surface area contributed by atoms with Gasteiger partial charge in [-0.2, -0.15) is 13.2 Å². The number of amides is 1. The number of halogens is 3.